The number of rotatable bonds is 7. The summed E-state index contributed by atoms with van der Waals surface area (Å²) in [6, 6.07) is 14.1. The summed E-state index contributed by atoms with van der Waals surface area (Å²) in [6.45, 7) is 1.95. The van der Waals surface area contributed by atoms with Gasteiger partial charge in [-0.2, -0.15) is 0 Å². The molecule has 1 aliphatic rings. The number of amides is 2. The molecule has 8 nitrogen and oxygen atoms in total. The number of anilines is 1. The Hall–Kier alpha value is -3.91. The van der Waals surface area contributed by atoms with Gasteiger partial charge in [0.15, 0.2) is 11.5 Å². The largest absolute Gasteiger partial charge is 0.493 e. The molecule has 3 N–H and O–H groups in total. The van der Waals surface area contributed by atoms with Gasteiger partial charge < -0.3 is 25.4 Å². The first-order valence-electron chi connectivity index (χ1n) is 10.7. The first-order chi connectivity index (χ1) is 16.1. The highest BCUT2D eigenvalue weighted by atomic mass is 16.5. The number of methoxy groups -OCH3 is 2. The zero-order chi connectivity index (χ0) is 23.2. The number of fused-ring (bicyclic) bond motifs is 1. The van der Waals surface area contributed by atoms with Crippen molar-refractivity contribution in [1.82, 2.24) is 15.6 Å². The van der Waals surface area contributed by atoms with Crippen molar-refractivity contribution < 1.29 is 19.1 Å². The van der Waals surface area contributed by atoms with Crippen molar-refractivity contribution in [2.75, 3.05) is 26.1 Å². The predicted molar refractivity (Wildman–Crippen MR) is 125 cm³/mol. The van der Waals surface area contributed by atoms with Crippen molar-refractivity contribution in [1.29, 1.82) is 0 Å². The van der Waals surface area contributed by atoms with Crippen LogP contribution in [0.3, 0.4) is 0 Å². The highest BCUT2D eigenvalue weighted by Gasteiger charge is 2.14. The summed E-state index contributed by atoms with van der Waals surface area (Å²) >= 11 is 0. The average Bonchev–Trinajstić information content (AvgIpc) is 2.86. The minimum Gasteiger partial charge on any atom is -0.493 e. The van der Waals surface area contributed by atoms with Crippen molar-refractivity contribution in [3.05, 3.63) is 82.7 Å². The fraction of sp³-hybridized carbons (Fsp3) is 0.240. The molecule has 0 spiro atoms. The molecule has 1 aliphatic heterocycles. The van der Waals surface area contributed by atoms with Gasteiger partial charge in [-0.05, 0) is 47.5 Å². The zero-order valence-corrected chi connectivity index (χ0v) is 18.6. The van der Waals surface area contributed by atoms with Crippen LogP contribution in [0, 0.1) is 0 Å². The first kappa shape index (κ1) is 22.3. The van der Waals surface area contributed by atoms with Crippen LogP contribution in [0.15, 0.2) is 54.7 Å². The first-order valence-corrected chi connectivity index (χ1v) is 10.7. The molecular weight excluding hydrogens is 420 g/mol. The van der Waals surface area contributed by atoms with Gasteiger partial charge in [0.05, 0.1) is 26.1 Å². The van der Waals surface area contributed by atoms with E-state index < -0.39 is 0 Å². The number of aromatic nitrogens is 1. The fourth-order valence-electron chi connectivity index (χ4n) is 3.70. The molecule has 2 heterocycles. The summed E-state index contributed by atoms with van der Waals surface area (Å²) in [5.41, 5.74) is 4.60. The van der Waals surface area contributed by atoms with Gasteiger partial charge in [-0.1, -0.05) is 12.1 Å². The standard InChI is InChI=1S/C25H26N4O4/c1-32-22-7-6-18(12-23(22)33-2)24(30)28-13-16-4-3-5-17(10-16)25(31)29-20-11-19-14-26-9-8-21(19)27-15-20/h3-7,10-12,15,26H,8-9,13-14H2,1-2H3,(H,28,30)(H,29,31). The smallest absolute Gasteiger partial charge is 0.255 e. The Balaban J connectivity index is 1.39. The quantitative estimate of drug-likeness (QED) is 0.516. The number of carbonyl (C=O) groups is 2. The number of hydrogen-bond acceptors (Lipinski definition) is 6. The minimum absolute atomic E-state index is 0.228. The fourth-order valence-corrected chi connectivity index (χ4v) is 3.70. The van der Waals surface area contributed by atoms with Gasteiger partial charge in [0.1, 0.15) is 0 Å². The van der Waals surface area contributed by atoms with Crippen molar-refractivity contribution in [3.8, 4) is 11.5 Å². The van der Waals surface area contributed by atoms with Gasteiger partial charge in [0, 0.05) is 42.9 Å². The van der Waals surface area contributed by atoms with E-state index in [9.17, 15) is 9.59 Å². The predicted octanol–water partition coefficient (Wildman–Crippen LogP) is 2.93. The Kier molecular flexibility index (Phi) is 6.85. The maximum Gasteiger partial charge on any atom is 0.255 e. The third-order valence-corrected chi connectivity index (χ3v) is 5.46. The van der Waals surface area contributed by atoms with E-state index >= 15 is 0 Å². The summed E-state index contributed by atoms with van der Waals surface area (Å²) in [4.78, 5) is 29.8. The Morgan fingerprint density at radius 3 is 2.64 bits per heavy atom. The van der Waals surface area contributed by atoms with E-state index in [0.29, 0.717) is 28.3 Å². The molecule has 4 rings (SSSR count). The van der Waals surface area contributed by atoms with Crippen molar-refractivity contribution in [2.45, 2.75) is 19.5 Å². The van der Waals surface area contributed by atoms with E-state index in [-0.39, 0.29) is 18.4 Å². The second-order valence-electron chi connectivity index (χ2n) is 7.66. The number of nitrogens with zero attached hydrogens (tertiary/aromatic N) is 1. The number of hydrogen-bond donors (Lipinski definition) is 3. The van der Waals surface area contributed by atoms with Gasteiger partial charge in [0.2, 0.25) is 0 Å². The molecule has 0 bridgehead atoms. The van der Waals surface area contributed by atoms with E-state index in [1.54, 1.807) is 49.7 Å². The third kappa shape index (κ3) is 5.30. The lowest BCUT2D eigenvalue weighted by molar-refractivity contribution is 0.0950. The molecule has 8 heteroatoms. The van der Waals surface area contributed by atoms with Crippen LogP contribution in [0.25, 0.3) is 0 Å². The lowest BCUT2D eigenvalue weighted by Gasteiger charge is -2.17. The van der Waals surface area contributed by atoms with Crippen LogP contribution in [0.5, 0.6) is 11.5 Å². The molecule has 0 atom stereocenters. The Bertz CT molecular complexity index is 1180. The zero-order valence-electron chi connectivity index (χ0n) is 18.6. The maximum atomic E-state index is 12.8. The van der Waals surface area contributed by atoms with E-state index in [1.807, 2.05) is 12.1 Å². The highest BCUT2D eigenvalue weighted by molar-refractivity contribution is 6.04. The lowest BCUT2D eigenvalue weighted by atomic mass is 10.1. The van der Waals surface area contributed by atoms with E-state index in [4.69, 9.17) is 9.47 Å². The number of ether oxygens (including phenoxy) is 2. The topological polar surface area (TPSA) is 102 Å². The number of pyridine rings is 1. The molecule has 33 heavy (non-hydrogen) atoms. The summed E-state index contributed by atoms with van der Waals surface area (Å²) in [6.07, 6.45) is 2.58. The Labute approximate surface area is 192 Å². The second kappa shape index (κ2) is 10.1. The van der Waals surface area contributed by atoms with Crippen LogP contribution >= 0.6 is 0 Å². The van der Waals surface area contributed by atoms with Gasteiger partial charge in [-0.3, -0.25) is 14.6 Å². The molecule has 0 saturated heterocycles. The summed E-state index contributed by atoms with van der Waals surface area (Å²) in [7, 11) is 3.06. The minimum atomic E-state index is -0.250. The molecule has 2 amide bonds. The molecule has 170 valence electrons. The lowest BCUT2D eigenvalue weighted by Crippen LogP contribution is -2.25. The van der Waals surface area contributed by atoms with Gasteiger partial charge in [-0.25, -0.2) is 0 Å². The van der Waals surface area contributed by atoms with Crippen LogP contribution < -0.4 is 25.4 Å². The highest BCUT2D eigenvalue weighted by Crippen LogP contribution is 2.27. The average molecular weight is 447 g/mol. The summed E-state index contributed by atoms with van der Waals surface area (Å²) in [5.74, 6) is 0.558. The normalized spacial score (nSPS) is 12.4. The van der Waals surface area contributed by atoms with Crippen LogP contribution in [0.4, 0.5) is 5.69 Å². The molecule has 0 saturated carbocycles. The molecule has 2 aromatic carbocycles. The summed E-state index contributed by atoms with van der Waals surface area (Å²) < 4.78 is 10.5. The molecule has 0 aliphatic carbocycles. The molecular formula is C25H26N4O4. The van der Waals surface area contributed by atoms with Crippen LogP contribution in [-0.4, -0.2) is 37.6 Å². The number of nitrogens with one attached hydrogen (secondary N) is 3. The SMILES string of the molecule is COc1ccc(C(=O)NCc2cccc(C(=O)Nc3cnc4c(c3)CNCC4)c2)cc1OC. The van der Waals surface area contributed by atoms with Gasteiger partial charge >= 0.3 is 0 Å². The van der Waals surface area contributed by atoms with Gasteiger partial charge in [-0.15, -0.1) is 0 Å². The maximum absolute atomic E-state index is 12.8. The monoisotopic (exact) mass is 446 g/mol. The van der Waals surface area contributed by atoms with Crippen LogP contribution in [-0.2, 0) is 19.5 Å². The van der Waals surface area contributed by atoms with Crippen molar-refractivity contribution in [2.24, 2.45) is 0 Å². The van der Waals surface area contributed by atoms with E-state index in [0.717, 1.165) is 36.3 Å². The molecule has 0 radical (unpaired) electrons. The summed E-state index contributed by atoms with van der Waals surface area (Å²) in [5, 5.41) is 9.08. The third-order valence-electron chi connectivity index (χ3n) is 5.46. The van der Waals surface area contributed by atoms with Crippen LogP contribution in [0.1, 0.15) is 37.5 Å². The van der Waals surface area contributed by atoms with Crippen molar-refractivity contribution in [3.63, 3.8) is 0 Å². The molecule has 0 unspecified atom stereocenters. The Morgan fingerprint density at radius 1 is 1.00 bits per heavy atom. The van der Waals surface area contributed by atoms with Crippen molar-refractivity contribution >= 4 is 17.5 Å². The van der Waals surface area contributed by atoms with Crippen LogP contribution in [0.2, 0.25) is 0 Å². The van der Waals surface area contributed by atoms with E-state index in [1.165, 1.54) is 7.11 Å². The number of benzene rings is 2. The molecule has 0 fully saturated rings. The molecule has 1 aromatic heterocycles. The number of carbonyl (C=O) groups excluding carboxylic acids is 2. The molecule has 3 aromatic rings. The Morgan fingerprint density at radius 2 is 1.82 bits per heavy atom. The van der Waals surface area contributed by atoms with E-state index in [2.05, 4.69) is 20.9 Å². The second-order valence-corrected chi connectivity index (χ2v) is 7.66. The van der Waals surface area contributed by atoms with Gasteiger partial charge in [0.25, 0.3) is 11.8 Å².